The van der Waals surface area contributed by atoms with E-state index < -0.39 is 5.91 Å². The molecule has 2 aromatic carbocycles. The number of benzene rings is 2. The normalized spacial score (nSPS) is 10.5. The van der Waals surface area contributed by atoms with Crippen molar-refractivity contribution in [2.45, 2.75) is 6.61 Å². The zero-order chi connectivity index (χ0) is 16.2. The second-order valence-corrected chi connectivity index (χ2v) is 5.74. The Bertz CT molecular complexity index is 830. The second-order valence-electron chi connectivity index (χ2n) is 4.83. The molecule has 6 nitrogen and oxygen atoms in total. The Balaban J connectivity index is 1.78. The van der Waals surface area contributed by atoms with Crippen molar-refractivity contribution >= 4 is 21.8 Å². The molecule has 0 unspecified atom stereocenters. The number of halogens is 1. The van der Waals surface area contributed by atoms with Gasteiger partial charge in [0, 0.05) is 10.0 Å². The van der Waals surface area contributed by atoms with Gasteiger partial charge in [-0.05, 0) is 29.8 Å². The van der Waals surface area contributed by atoms with Crippen LogP contribution in [-0.4, -0.2) is 21.3 Å². The number of hydrogen-bond acceptors (Lipinski definition) is 4. The van der Waals surface area contributed by atoms with E-state index >= 15 is 0 Å². The van der Waals surface area contributed by atoms with E-state index in [-0.39, 0.29) is 5.69 Å². The number of H-pyrrole nitrogens is 1. The summed E-state index contributed by atoms with van der Waals surface area (Å²) >= 11 is 3.40. The molecule has 0 saturated carbocycles. The fourth-order valence-corrected chi connectivity index (χ4v) is 2.35. The van der Waals surface area contributed by atoms with Crippen LogP contribution in [0.1, 0.15) is 16.1 Å². The molecule has 0 spiro atoms. The maximum Gasteiger partial charge on any atom is 0.271 e. The van der Waals surface area contributed by atoms with Crippen molar-refractivity contribution < 1.29 is 9.53 Å². The Morgan fingerprint density at radius 3 is 2.70 bits per heavy atom. The zero-order valence-electron chi connectivity index (χ0n) is 12.0. The summed E-state index contributed by atoms with van der Waals surface area (Å²) in [5.74, 6) is 0.0405. The van der Waals surface area contributed by atoms with E-state index in [1.807, 2.05) is 42.5 Å². The Labute approximate surface area is 140 Å². The fourth-order valence-electron chi connectivity index (χ4n) is 2.08. The number of hydrogen-bond donors (Lipinski definition) is 2. The predicted molar refractivity (Wildman–Crippen MR) is 88.8 cm³/mol. The van der Waals surface area contributed by atoms with Gasteiger partial charge in [0.1, 0.15) is 18.1 Å². The van der Waals surface area contributed by atoms with Gasteiger partial charge in [0.05, 0.1) is 0 Å². The van der Waals surface area contributed by atoms with E-state index in [1.54, 1.807) is 6.07 Å². The zero-order valence-corrected chi connectivity index (χ0v) is 13.6. The molecule has 7 heteroatoms. The molecule has 3 rings (SSSR count). The van der Waals surface area contributed by atoms with Crippen molar-refractivity contribution in [1.29, 1.82) is 0 Å². The minimum Gasteiger partial charge on any atom is -0.489 e. The third-order valence-electron chi connectivity index (χ3n) is 3.21. The SMILES string of the molecule is NC(=O)c1n[nH]nc1-c1cccc(OCc2ccc(Br)cc2)c1. The van der Waals surface area contributed by atoms with Crippen molar-refractivity contribution in [3.63, 3.8) is 0 Å². The average Bonchev–Trinajstić information content (AvgIpc) is 3.05. The third kappa shape index (κ3) is 3.57. The number of rotatable bonds is 5. The standard InChI is InChI=1S/C16H13BrN4O2/c17-12-6-4-10(5-7-12)9-23-13-3-1-2-11(8-13)14-15(16(18)22)20-21-19-14/h1-8H,9H2,(H2,18,22)(H,19,20,21). The highest BCUT2D eigenvalue weighted by Gasteiger charge is 2.15. The molecule has 1 aromatic heterocycles. The number of ether oxygens (including phenoxy) is 1. The van der Waals surface area contributed by atoms with Crippen molar-refractivity contribution in [3.05, 3.63) is 64.3 Å². The molecule has 23 heavy (non-hydrogen) atoms. The maximum absolute atomic E-state index is 11.3. The lowest BCUT2D eigenvalue weighted by atomic mass is 10.1. The van der Waals surface area contributed by atoms with Crippen LogP contribution < -0.4 is 10.5 Å². The number of carbonyl (C=O) groups is 1. The third-order valence-corrected chi connectivity index (χ3v) is 3.74. The summed E-state index contributed by atoms with van der Waals surface area (Å²) in [6.45, 7) is 0.443. The molecule has 3 N–H and O–H groups in total. The van der Waals surface area contributed by atoms with E-state index in [0.717, 1.165) is 10.0 Å². The van der Waals surface area contributed by atoms with E-state index in [4.69, 9.17) is 10.5 Å². The van der Waals surface area contributed by atoms with Crippen LogP contribution in [0.3, 0.4) is 0 Å². The highest BCUT2D eigenvalue weighted by atomic mass is 79.9. The molecule has 0 aliphatic carbocycles. The highest BCUT2D eigenvalue weighted by Crippen LogP contribution is 2.24. The Morgan fingerprint density at radius 1 is 1.17 bits per heavy atom. The lowest BCUT2D eigenvalue weighted by molar-refractivity contribution is 0.0996. The quantitative estimate of drug-likeness (QED) is 0.719. The molecule has 0 fully saturated rings. The van der Waals surface area contributed by atoms with Crippen LogP contribution in [0.15, 0.2) is 53.0 Å². The Kier molecular flexibility index (Phi) is 4.38. The van der Waals surface area contributed by atoms with Gasteiger partial charge in [0.25, 0.3) is 5.91 Å². The molecule has 0 aliphatic rings. The van der Waals surface area contributed by atoms with Gasteiger partial charge in [-0.3, -0.25) is 4.79 Å². The van der Waals surface area contributed by atoms with E-state index in [2.05, 4.69) is 31.3 Å². The van der Waals surface area contributed by atoms with Gasteiger partial charge in [-0.1, -0.05) is 40.2 Å². The maximum atomic E-state index is 11.3. The Hall–Kier alpha value is -2.67. The van der Waals surface area contributed by atoms with E-state index in [0.29, 0.717) is 23.6 Å². The lowest BCUT2D eigenvalue weighted by Crippen LogP contribution is -2.12. The van der Waals surface area contributed by atoms with Gasteiger partial charge in [0.2, 0.25) is 0 Å². The molecule has 116 valence electrons. The van der Waals surface area contributed by atoms with Gasteiger partial charge in [-0.15, -0.1) is 0 Å². The fraction of sp³-hybridized carbons (Fsp3) is 0.0625. The smallest absolute Gasteiger partial charge is 0.271 e. The summed E-state index contributed by atoms with van der Waals surface area (Å²) in [5, 5.41) is 10.2. The number of aromatic amines is 1. The van der Waals surface area contributed by atoms with Crippen LogP contribution in [-0.2, 0) is 6.61 Å². The number of primary amides is 1. The number of aromatic nitrogens is 3. The molecular weight excluding hydrogens is 360 g/mol. The summed E-state index contributed by atoms with van der Waals surface area (Å²) < 4.78 is 6.80. The van der Waals surface area contributed by atoms with Crippen LogP contribution in [0.25, 0.3) is 11.3 Å². The van der Waals surface area contributed by atoms with Crippen LogP contribution in [0.5, 0.6) is 5.75 Å². The molecule has 3 aromatic rings. The molecule has 0 saturated heterocycles. The van der Waals surface area contributed by atoms with Crippen LogP contribution in [0.4, 0.5) is 0 Å². The van der Waals surface area contributed by atoms with Gasteiger partial charge in [-0.25, -0.2) is 0 Å². The van der Waals surface area contributed by atoms with Gasteiger partial charge >= 0.3 is 0 Å². The lowest BCUT2D eigenvalue weighted by Gasteiger charge is -2.08. The minimum absolute atomic E-state index is 0.107. The summed E-state index contributed by atoms with van der Waals surface area (Å²) in [6.07, 6.45) is 0. The largest absolute Gasteiger partial charge is 0.489 e. The van der Waals surface area contributed by atoms with E-state index in [1.165, 1.54) is 0 Å². The number of carbonyl (C=O) groups excluding carboxylic acids is 1. The van der Waals surface area contributed by atoms with Crippen molar-refractivity contribution in [1.82, 2.24) is 15.4 Å². The summed E-state index contributed by atoms with van der Waals surface area (Å²) in [4.78, 5) is 11.3. The van der Waals surface area contributed by atoms with Crippen LogP contribution >= 0.6 is 15.9 Å². The molecule has 0 atom stereocenters. The first-order chi connectivity index (χ1) is 11.1. The molecule has 0 bridgehead atoms. The highest BCUT2D eigenvalue weighted by molar-refractivity contribution is 9.10. The van der Waals surface area contributed by atoms with Crippen molar-refractivity contribution in [3.8, 4) is 17.0 Å². The predicted octanol–water partition coefficient (Wildman–Crippen LogP) is 2.91. The number of nitrogens with zero attached hydrogens (tertiary/aromatic N) is 2. The van der Waals surface area contributed by atoms with Gasteiger partial charge in [0.15, 0.2) is 5.69 Å². The topological polar surface area (TPSA) is 93.9 Å². The first kappa shape index (κ1) is 15.2. The molecular formula is C16H13BrN4O2. The van der Waals surface area contributed by atoms with E-state index in [9.17, 15) is 4.79 Å². The molecule has 1 amide bonds. The van der Waals surface area contributed by atoms with Gasteiger partial charge < -0.3 is 10.5 Å². The van der Waals surface area contributed by atoms with Gasteiger partial charge in [-0.2, -0.15) is 15.4 Å². The molecule has 0 radical (unpaired) electrons. The summed E-state index contributed by atoms with van der Waals surface area (Å²) in [6, 6.07) is 15.2. The first-order valence-corrected chi connectivity index (χ1v) is 7.61. The average molecular weight is 373 g/mol. The Morgan fingerprint density at radius 2 is 1.96 bits per heavy atom. The molecule has 0 aliphatic heterocycles. The first-order valence-electron chi connectivity index (χ1n) is 6.82. The summed E-state index contributed by atoms with van der Waals surface area (Å²) in [7, 11) is 0. The monoisotopic (exact) mass is 372 g/mol. The van der Waals surface area contributed by atoms with Crippen molar-refractivity contribution in [2.75, 3.05) is 0 Å². The second kappa shape index (κ2) is 6.62. The van der Waals surface area contributed by atoms with Crippen molar-refractivity contribution in [2.24, 2.45) is 5.73 Å². The summed E-state index contributed by atoms with van der Waals surface area (Å²) in [5.41, 5.74) is 7.56. The minimum atomic E-state index is -0.630. The number of amides is 1. The van der Waals surface area contributed by atoms with Crippen LogP contribution in [0.2, 0.25) is 0 Å². The molecule has 1 heterocycles. The number of nitrogens with one attached hydrogen (secondary N) is 1. The van der Waals surface area contributed by atoms with Crippen LogP contribution in [0, 0.1) is 0 Å². The number of nitrogens with two attached hydrogens (primary N) is 1.